The van der Waals surface area contributed by atoms with Gasteiger partial charge in [-0.15, -0.1) is 0 Å². The molecule has 1 rings (SSSR count). The van der Waals surface area contributed by atoms with E-state index in [0.29, 0.717) is 11.9 Å². The minimum Gasteiger partial charge on any atom is -0.323 e. The molecule has 112 valence electrons. The molecule has 19 heavy (non-hydrogen) atoms. The van der Waals surface area contributed by atoms with Gasteiger partial charge < -0.3 is 4.90 Å². The lowest BCUT2D eigenvalue weighted by Crippen LogP contribution is -2.43. The standard InChI is InChI=1S/C16H32N2O/c1-5-8-11-14(10-7-3)18-13(4)17-15(16(18)19)12-9-6-2/h13-15,17H,5-12H2,1-4H3. The fourth-order valence-electron chi connectivity index (χ4n) is 3.12. The Hall–Kier alpha value is -0.570. The molecule has 0 saturated carbocycles. The van der Waals surface area contributed by atoms with Crippen molar-refractivity contribution < 1.29 is 4.79 Å². The van der Waals surface area contributed by atoms with Crippen LogP contribution in [0.3, 0.4) is 0 Å². The Morgan fingerprint density at radius 1 is 1.11 bits per heavy atom. The van der Waals surface area contributed by atoms with Crippen LogP contribution in [0.1, 0.15) is 79.1 Å². The number of carbonyl (C=O) groups is 1. The number of nitrogens with zero attached hydrogens (tertiary/aromatic N) is 1. The van der Waals surface area contributed by atoms with Crippen molar-refractivity contribution in [2.24, 2.45) is 0 Å². The maximum atomic E-state index is 12.6. The van der Waals surface area contributed by atoms with Crippen LogP contribution in [0.25, 0.3) is 0 Å². The smallest absolute Gasteiger partial charge is 0.241 e. The summed E-state index contributed by atoms with van der Waals surface area (Å²) >= 11 is 0. The van der Waals surface area contributed by atoms with E-state index < -0.39 is 0 Å². The van der Waals surface area contributed by atoms with Crippen LogP contribution in [0.2, 0.25) is 0 Å². The van der Waals surface area contributed by atoms with E-state index >= 15 is 0 Å². The first kappa shape index (κ1) is 16.5. The molecule has 3 atom stereocenters. The van der Waals surface area contributed by atoms with E-state index in [1.807, 2.05) is 0 Å². The number of amides is 1. The Balaban J connectivity index is 2.64. The van der Waals surface area contributed by atoms with Crippen molar-refractivity contribution in [3.63, 3.8) is 0 Å². The van der Waals surface area contributed by atoms with E-state index in [2.05, 4.69) is 37.9 Å². The molecule has 1 heterocycles. The second-order valence-electron chi connectivity index (χ2n) is 5.87. The van der Waals surface area contributed by atoms with Crippen molar-refractivity contribution in [1.29, 1.82) is 0 Å². The van der Waals surface area contributed by atoms with Crippen molar-refractivity contribution in [3.8, 4) is 0 Å². The minimum absolute atomic E-state index is 0.0657. The zero-order chi connectivity index (χ0) is 14.3. The number of unbranched alkanes of at least 4 members (excludes halogenated alkanes) is 2. The number of nitrogens with one attached hydrogen (secondary N) is 1. The third kappa shape index (κ3) is 4.48. The van der Waals surface area contributed by atoms with Crippen LogP contribution in [0.4, 0.5) is 0 Å². The summed E-state index contributed by atoms with van der Waals surface area (Å²) < 4.78 is 0. The summed E-state index contributed by atoms with van der Waals surface area (Å²) in [5, 5.41) is 3.48. The molecule has 1 N–H and O–H groups in total. The van der Waals surface area contributed by atoms with E-state index in [-0.39, 0.29) is 12.2 Å². The molecule has 0 radical (unpaired) electrons. The summed E-state index contributed by atoms with van der Waals surface area (Å²) in [5.74, 6) is 0.343. The first-order chi connectivity index (χ1) is 9.15. The van der Waals surface area contributed by atoms with Gasteiger partial charge in [0.05, 0.1) is 12.2 Å². The Morgan fingerprint density at radius 3 is 2.37 bits per heavy atom. The third-order valence-electron chi connectivity index (χ3n) is 4.16. The van der Waals surface area contributed by atoms with E-state index in [0.717, 1.165) is 38.5 Å². The van der Waals surface area contributed by atoms with Gasteiger partial charge in [0.1, 0.15) is 0 Å². The highest BCUT2D eigenvalue weighted by molar-refractivity contribution is 5.84. The minimum atomic E-state index is 0.0657. The zero-order valence-electron chi connectivity index (χ0n) is 13.2. The van der Waals surface area contributed by atoms with Gasteiger partial charge in [-0.3, -0.25) is 10.1 Å². The van der Waals surface area contributed by atoms with Gasteiger partial charge in [-0.1, -0.05) is 52.9 Å². The molecule has 3 heteroatoms. The summed E-state index contributed by atoms with van der Waals surface area (Å²) in [7, 11) is 0. The lowest BCUT2D eigenvalue weighted by atomic mass is 10.0. The Kier molecular flexibility index (Phi) is 7.44. The molecule has 1 amide bonds. The van der Waals surface area contributed by atoms with Gasteiger partial charge in [0.15, 0.2) is 0 Å². The van der Waals surface area contributed by atoms with Crippen molar-refractivity contribution in [3.05, 3.63) is 0 Å². The SMILES string of the molecule is CCCCC1NC(C)N(C(CCC)CCCC)C1=O. The lowest BCUT2D eigenvalue weighted by Gasteiger charge is -2.31. The highest BCUT2D eigenvalue weighted by Gasteiger charge is 2.39. The molecule has 1 aliphatic rings. The van der Waals surface area contributed by atoms with Crippen LogP contribution < -0.4 is 5.32 Å². The zero-order valence-corrected chi connectivity index (χ0v) is 13.2. The van der Waals surface area contributed by atoms with Crippen LogP contribution in [0.15, 0.2) is 0 Å². The molecule has 0 aromatic carbocycles. The fraction of sp³-hybridized carbons (Fsp3) is 0.938. The number of hydrogen-bond acceptors (Lipinski definition) is 2. The average molecular weight is 268 g/mol. The Bertz CT molecular complexity index is 267. The molecular formula is C16H32N2O. The van der Waals surface area contributed by atoms with Crippen molar-refractivity contribution >= 4 is 5.91 Å². The van der Waals surface area contributed by atoms with E-state index in [4.69, 9.17) is 0 Å². The summed E-state index contributed by atoms with van der Waals surface area (Å²) in [5.41, 5.74) is 0. The molecule has 1 fully saturated rings. The second kappa shape index (κ2) is 8.57. The van der Waals surface area contributed by atoms with Gasteiger partial charge in [0, 0.05) is 6.04 Å². The number of hydrogen-bond donors (Lipinski definition) is 1. The molecule has 1 aliphatic heterocycles. The monoisotopic (exact) mass is 268 g/mol. The maximum absolute atomic E-state index is 12.6. The largest absolute Gasteiger partial charge is 0.323 e. The predicted octanol–water partition coefficient (Wildman–Crippen LogP) is 3.68. The van der Waals surface area contributed by atoms with Gasteiger partial charge in [-0.05, 0) is 26.2 Å². The summed E-state index contributed by atoms with van der Waals surface area (Å²) in [6, 6.07) is 0.502. The van der Waals surface area contributed by atoms with Gasteiger partial charge >= 0.3 is 0 Å². The van der Waals surface area contributed by atoms with Crippen LogP contribution in [-0.2, 0) is 4.79 Å². The van der Waals surface area contributed by atoms with Crippen molar-refractivity contribution in [2.75, 3.05) is 0 Å². The normalized spacial score (nSPS) is 25.1. The lowest BCUT2D eigenvalue weighted by molar-refractivity contribution is -0.132. The van der Waals surface area contributed by atoms with Crippen LogP contribution >= 0.6 is 0 Å². The van der Waals surface area contributed by atoms with Gasteiger partial charge in [-0.25, -0.2) is 0 Å². The molecular weight excluding hydrogens is 236 g/mol. The predicted molar refractivity (Wildman–Crippen MR) is 81.0 cm³/mol. The number of carbonyl (C=O) groups excluding carboxylic acids is 1. The van der Waals surface area contributed by atoms with Gasteiger partial charge in [0.2, 0.25) is 5.91 Å². The first-order valence-electron chi connectivity index (χ1n) is 8.23. The number of rotatable bonds is 9. The molecule has 3 unspecified atom stereocenters. The first-order valence-corrected chi connectivity index (χ1v) is 8.23. The summed E-state index contributed by atoms with van der Waals surface area (Å²) in [6.45, 7) is 8.76. The fourth-order valence-corrected chi connectivity index (χ4v) is 3.12. The van der Waals surface area contributed by atoms with Gasteiger partial charge in [-0.2, -0.15) is 0 Å². The second-order valence-corrected chi connectivity index (χ2v) is 5.87. The quantitative estimate of drug-likeness (QED) is 0.692. The average Bonchev–Trinajstić information content (AvgIpc) is 2.67. The van der Waals surface area contributed by atoms with Crippen LogP contribution in [0, 0.1) is 0 Å². The van der Waals surface area contributed by atoms with E-state index in [1.165, 1.54) is 12.8 Å². The molecule has 0 aromatic rings. The highest BCUT2D eigenvalue weighted by Crippen LogP contribution is 2.23. The topological polar surface area (TPSA) is 32.3 Å². The van der Waals surface area contributed by atoms with Gasteiger partial charge in [0.25, 0.3) is 0 Å². The molecule has 3 nitrogen and oxygen atoms in total. The molecule has 0 spiro atoms. The Morgan fingerprint density at radius 2 is 1.79 bits per heavy atom. The van der Waals surface area contributed by atoms with Crippen molar-refractivity contribution in [2.45, 2.75) is 97.3 Å². The third-order valence-corrected chi connectivity index (χ3v) is 4.16. The maximum Gasteiger partial charge on any atom is 0.241 e. The molecule has 1 saturated heterocycles. The van der Waals surface area contributed by atoms with Crippen LogP contribution in [-0.4, -0.2) is 29.1 Å². The van der Waals surface area contributed by atoms with Crippen molar-refractivity contribution in [1.82, 2.24) is 10.2 Å². The van der Waals surface area contributed by atoms with E-state index in [1.54, 1.807) is 0 Å². The molecule has 0 aromatic heterocycles. The summed E-state index contributed by atoms with van der Waals surface area (Å²) in [4.78, 5) is 14.7. The van der Waals surface area contributed by atoms with Crippen LogP contribution in [0.5, 0.6) is 0 Å². The highest BCUT2D eigenvalue weighted by atomic mass is 16.2. The molecule has 0 bridgehead atoms. The Labute approximate surface area is 119 Å². The summed E-state index contributed by atoms with van der Waals surface area (Å²) in [6.07, 6.45) is 9.38. The van der Waals surface area contributed by atoms with E-state index in [9.17, 15) is 4.79 Å². The molecule has 0 aliphatic carbocycles.